The zero-order chi connectivity index (χ0) is 43.5. The van der Waals surface area contributed by atoms with Crippen LogP contribution in [0, 0.1) is 36.0 Å². The summed E-state index contributed by atoms with van der Waals surface area (Å²) in [5, 5.41) is 15.9. The zero-order valence-corrected chi connectivity index (χ0v) is 36.0. The number of aliphatic hydroxyl groups excluding tert-OH is 1. The Morgan fingerprint density at radius 1 is 0.921 bits per heavy atom. The molecule has 4 aliphatic rings. The quantitative estimate of drug-likeness (QED) is 0.117. The molecule has 5 heterocycles. The van der Waals surface area contributed by atoms with Crippen LogP contribution in [0.25, 0.3) is 43.2 Å². The Bertz CT molecular complexity index is 3060. The third-order valence-corrected chi connectivity index (χ3v) is 15.3. The molecule has 1 N–H and O–H groups in total. The molecular formula is C49H40ClN5O7S. The van der Waals surface area contributed by atoms with Crippen molar-refractivity contribution in [2.24, 2.45) is 36.1 Å². The zero-order valence-electron chi connectivity index (χ0n) is 34.4. The van der Waals surface area contributed by atoms with Crippen molar-refractivity contribution in [3.8, 4) is 27.8 Å². The predicted molar refractivity (Wildman–Crippen MR) is 239 cm³/mol. The highest BCUT2D eigenvalue weighted by atomic mass is 35.5. The third-order valence-electron chi connectivity index (χ3n) is 13.7. The van der Waals surface area contributed by atoms with Crippen LogP contribution < -0.4 is 14.5 Å². The molecule has 7 aromatic rings. The highest BCUT2D eigenvalue weighted by Crippen LogP contribution is 2.64. The monoisotopic (exact) mass is 877 g/mol. The lowest BCUT2D eigenvalue weighted by atomic mass is 9.51. The molecule has 1 saturated carbocycles. The Kier molecular flexibility index (Phi) is 9.13. The Labute approximate surface area is 370 Å². The fourth-order valence-electron chi connectivity index (χ4n) is 10.8. The first-order valence-electron chi connectivity index (χ1n) is 20.9. The van der Waals surface area contributed by atoms with Gasteiger partial charge in [-0.3, -0.25) is 28.8 Å². The largest absolute Gasteiger partial charge is 0.491 e. The van der Waals surface area contributed by atoms with Crippen molar-refractivity contribution < 1.29 is 33.4 Å². The first-order chi connectivity index (χ1) is 30.5. The van der Waals surface area contributed by atoms with Gasteiger partial charge in [0.2, 0.25) is 29.5 Å². The summed E-state index contributed by atoms with van der Waals surface area (Å²) in [5.41, 5.74) is 4.58. The molecule has 12 nitrogen and oxygen atoms in total. The maximum Gasteiger partial charge on any atom is 0.242 e. The number of fused-ring (bicyclic) bond motifs is 6. The number of carbonyl (C=O) groups is 4. The van der Waals surface area contributed by atoms with Crippen LogP contribution in [0.1, 0.15) is 36.8 Å². The van der Waals surface area contributed by atoms with Gasteiger partial charge in [-0.2, -0.15) is 5.10 Å². The molecule has 316 valence electrons. The van der Waals surface area contributed by atoms with Gasteiger partial charge in [-0.05, 0) is 116 Å². The number of hydrogen-bond donors (Lipinski definition) is 1. The molecule has 14 heteroatoms. The number of aryl methyl sites for hydroxylation is 2. The number of allylic oxidation sites excluding steroid dienone is 2. The molecule has 2 aliphatic carbocycles. The highest BCUT2D eigenvalue weighted by molar-refractivity contribution is 7.22. The summed E-state index contributed by atoms with van der Waals surface area (Å²) in [4.78, 5) is 67.6. The van der Waals surface area contributed by atoms with Crippen molar-refractivity contribution in [1.82, 2.24) is 14.8 Å². The van der Waals surface area contributed by atoms with Gasteiger partial charge in [-0.15, -0.1) is 11.3 Å². The van der Waals surface area contributed by atoms with Crippen LogP contribution in [0.5, 0.6) is 5.75 Å². The Morgan fingerprint density at radius 2 is 1.70 bits per heavy atom. The van der Waals surface area contributed by atoms with E-state index in [1.807, 2.05) is 74.5 Å². The topological polar surface area (TPSA) is 148 Å². The van der Waals surface area contributed by atoms with Gasteiger partial charge < -0.3 is 14.3 Å². The van der Waals surface area contributed by atoms with Crippen LogP contribution in [0.4, 0.5) is 11.5 Å². The van der Waals surface area contributed by atoms with Gasteiger partial charge in [-0.1, -0.05) is 47.5 Å². The molecule has 4 aromatic carbocycles. The summed E-state index contributed by atoms with van der Waals surface area (Å²) >= 11 is 7.92. The number of oxazole rings is 1. The number of amides is 4. The Balaban J connectivity index is 0.960. The molecule has 11 rings (SSSR count). The Hall–Kier alpha value is -6.41. The van der Waals surface area contributed by atoms with Crippen molar-refractivity contribution in [2.45, 2.75) is 32.6 Å². The number of ether oxygens (including phenoxy) is 1. The summed E-state index contributed by atoms with van der Waals surface area (Å²) < 4.78 is 14.3. The number of imide groups is 2. The van der Waals surface area contributed by atoms with Gasteiger partial charge in [0.05, 0.1) is 40.3 Å². The van der Waals surface area contributed by atoms with Crippen LogP contribution in [-0.4, -0.2) is 56.7 Å². The van der Waals surface area contributed by atoms with Gasteiger partial charge in [0.1, 0.15) is 29.4 Å². The molecule has 2 aliphatic heterocycles. The fourth-order valence-corrected chi connectivity index (χ4v) is 12.1. The fraction of sp³-hybridized carbons (Fsp3) is 0.265. The highest BCUT2D eigenvalue weighted by Gasteiger charge is 2.68. The summed E-state index contributed by atoms with van der Waals surface area (Å²) in [7, 11) is 1.73. The molecule has 63 heavy (non-hydrogen) atoms. The van der Waals surface area contributed by atoms with E-state index in [2.05, 4.69) is 4.98 Å². The minimum atomic E-state index is -1.25. The van der Waals surface area contributed by atoms with Gasteiger partial charge in [0, 0.05) is 34.3 Å². The summed E-state index contributed by atoms with van der Waals surface area (Å²) in [6.07, 6.45) is 2.56. The third kappa shape index (κ3) is 5.89. The number of aliphatic hydroxyl groups is 1. The number of para-hydroxylation sites is 2. The standard InChI is InChI=1S/C49H40ClN5O7S/c1-25-33-22-28(50)12-19-39(33)63-43(25)37-24-40(53(3)52-37)55-46(58)35-23-34-31(42(49(35,2)48(55)60)26-10-15-30(16-11-26)61-21-20-56)17-18-32-41(34)47(59)54(45(32)57)29-13-8-27(9-14-29)44-51-36-6-4-5-7-38(36)62-44/h4-17,19,22,24,32,34-35,41-42,56H,18,20-21,23H2,1-3H3/t32-,34+,35-,41-,42-,49+/m0/s1. The number of anilines is 2. The number of nitrogens with zero attached hydrogens (tertiary/aromatic N) is 5. The number of hydrogen-bond acceptors (Lipinski definition) is 10. The number of rotatable bonds is 8. The van der Waals surface area contributed by atoms with Gasteiger partial charge >= 0.3 is 0 Å². The number of benzene rings is 4. The molecule has 3 aromatic heterocycles. The lowest BCUT2D eigenvalue weighted by Gasteiger charge is -2.49. The smallest absolute Gasteiger partial charge is 0.242 e. The van der Waals surface area contributed by atoms with E-state index in [1.54, 1.807) is 65.5 Å². The van der Waals surface area contributed by atoms with E-state index in [4.69, 9.17) is 25.9 Å². The summed E-state index contributed by atoms with van der Waals surface area (Å²) in [6, 6.07) is 29.5. The number of aromatic nitrogens is 3. The van der Waals surface area contributed by atoms with E-state index in [-0.39, 0.29) is 43.3 Å². The number of halogens is 1. The summed E-state index contributed by atoms with van der Waals surface area (Å²) in [5.74, 6) is -3.30. The second-order valence-corrected chi connectivity index (χ2v) is 18.5. The normalized spacial score (nSPS) is 24.3. The average Bonchev–Trinajstić information content (AvgIpc) is 4.07. The minimum Gasteiger partial charge on any atom is -0.491 e. The molecule has 4 amide bonds. The van der Waals surface area contributed by atoms with Gasteiger partial charge in [0.25, 0.3) is 0 Å². The molecule has 6 atom stereocenters. The second kappa shape index (κ2) is 14.6. The van der Waals surface area contributed by atoms with Crippen molar-refractivity contribution >= 4 is 79.3 Å². The van der Waals surface area contributed by atoms with E-state index < -0.39 is 35.0 Å². The van der Waals surface area contributed by atoms with E-state index in [9.17, 15) is 14.7 Å². The van der Waals surface area contributed by atoms with E-state index in [1.165, 1.54) is 9.80 Å². The second-order valence-electron chi connectivity index (χ2n) is 17.1. The lowest BCUT2D eigenvalue weighted by molar-refractivity contribution is -0.131. The van der Waals surface area contributed by atoms with Crippen molar-refractivity contribution in [1.29, 1.82) is 0 Å². The maximum atomic E-state index is 15.3. The van der Waals surface area contributed by atoms with Crippen LogP contribution in [0.15, 0.2) is 113 Å². The minimum absolute atomic E-state index is 0.119. The predicted octanol–water partition coefficient (Wildman–Crippen LogP) is 8.88. The molecule has 3 fully saturated rings. The average molecular weight is 878 g/mol. The maximum absolute atomic E-state index is 15.3. The van der Waals surface area contributed by atoms with Crippen LogP contribution in [0.3, 0.4) is 0 Å². The first kappa shape index (κ1) is 39.4. The molecule has 2 saturated heterocycles. The molecule has 0 spiro atoms. The molecule has 0 unspecified atom stereocenters. The van der Waals surface area contributed by atoms with E-state index in [0.717, 1.165) is 37.2 Å². The van der Waals surface area contributed by atoms with Crippen LogP contribution >= 0.6 is 22.9 Å². The van der Waals surface area contributed by atoms with Gasteiger partial charge in [-0.25, -0.2) is 9.88 Å². The van der Waals surface area contributed by atoms with E-state index >= 15 is 9.59 Å². The first-order valence-corrected chi connectivity index (χ1v) is 22.1. The molecule has 0 bridgehead atoms. The van der Waals surface area contributed by atoms with Gasteiger partial charge in [0.15, 0.2) is 5.58 Å². The molecular weight excluding hydrogens is 838 g/mol. The van der Waals surface area contributed by atoms with Crippen LogP contribution in [-0.2, 0) is 26.2 Å². The molecule has 0 radical (unpaired) electrons. The Morgan fingerprint density at radius 3 is 2.46 bits per heavy atom. The number of carbonyl (C=O) groups excluding carboxylic acids is 4. The van der Waals surface area contributed by atoms with Crippen molar-refractivity contribution in [3.05, 3.63) is 125 Å². The van der Waals surface area contributed by atoms with Crippen LogP contribution in [0.2, 0.25) is 5.02 Å². The van der Waals surface area contributed by atoms with Crippen molar-refractivity contribution in [2.75, 3.05) is 23.0 Å². The number of thiophene rings is 1. The summed E-state index contributed by atoms with van der Waals surface area (Å²) in [6.45, 7) is 3.85. The van der Waals surface area contributed by atoms with Crippen molar-refractivity contribution in [3.63, 3.8) is 0 Å². The van der Waals surface area contributed by atoms with E-state index in [0.29, 0.717) is 51.4 Å². The lowest BCUT2D eigenvalue weighted by Crippen LogP contribution is -2.48. The SMILES string of the molecule is Cc1c(-c2cc(N3C(=O)[C@@H]4C[C@@H]5C(=CC[C@@H]6C(=O)N(c7ccc(-c8nc9ccccc9o8)cc7)C(=O)[C@@H]65)[C@H](c5ccc(OCCO)cc5)[C@]4(C)C3=O)n(C)n2)sc2ccc(Cl)cc12.